The van der Waals surface area contributed by atoms with Crippen LogP contribution in [0.2, 0.25) is 0 Å². The van der Waals surface area contributed by atoms with Gasteiger partial charge in [-0.05, 0) is 28.9 Å². The Morgan fingerprint density at radius 1 is 1.59 bits per heavy atom. The predicted molar refractivity (Wildman–Crippen MR) is 62.8 cm³/mol. The van der Waals surface area contributed by atoms with Crippen LogP contribution in [0.1, 0.15) is 12.5 Å². The Balaban J connectivity index is 1.98. The fourth-order valence-electron chi connectivity index (χ4n) is 1.50. The van der Waals surface area contributed by atoms with E-state index in [1.54, 1.807) is 25.1 Å². The standard InChI is InChI=1S/C12H12BrFO3/c1-12(6-16-7-12)11(15)17-5-8-3-2-4-9(13)10(8)14/h2-4H,5-7H2,1H3. The molecule has 92 valence electrons. The largest absolute Gasteiger partial charge is 0.460 e. The third-order valence-corrected chi connectivity index (χ3v) is 3.34. The highest BCUT2D eigenvalue weighted by Crippen LogP contribution is 2.28. The summed E-state index contributed by atoms with van der Waals surface area (Å²) in [6, 6.07) is 4.89. The minimum absolute atomic E-state index is 0.0559. The lowest BCUT2D eigenvalue weighted by Gasteiger charge is -2.35. The van der Waals surface area contributed by atoms with E-state index in [0.29, 0.717) is 23.2 Å². The molecule has 0 aliphatic carbocycles. The van der Waals surface area contributed by atoms with Gasteiger partial charge < -0.3 is 9.47 Å². The lowest BCUT2D eigenvalue weighted by molar-refractivity contribution is -0.183. The summed E-state index contributed by atoms with van der Waals surface area (Å²) in [4.78, 5) is 11.7. The van der Waals surface area contributed by atoms with Crippen molar-refractivity contribution in [2.75, 3.05) is 13.2 Å². The van der Waals surface area contributed by atoms with Crippen molar-refractivity contribution in [3.05, 3.63) is 34.1 Å². The maximum absolute atomic E-state index is 13.6. The third kappa shape index (κ3) is 2.50. The maximum Gasteiger partial charge on any atom is 0.316 e. The summed E-state index contributed by atoms with van der Waals surface area (Å²) >= 11 is 3.08. The minimum Gasteiger partial charge on any atom is -0.460 e. The summed E-state index contributed by atoms with van der Waals surface area (Å²) in [5, 5.41) is 0. The van der Waals surface area contributed by atoms with Crippen LogP contribution in [0.3, 0.4) is 0 Å². The molecule has 0 unspecified atom stereocenters. The van der Waals surface area contributed by atoms with Gasteiger partial charge in [0.1, 0.15) is 17.8 Å². The van der Waals surface area contributed by atoms with E-state index in [1.807, 2.05) is 0 Å². The van der Waals surface area contributed by atoms with Crippen LogP contribution in [-0.2, 0) is 20.9 Å². The van der Waals surface area contributed by atoms with Crippen molar-refractivity contribution in [3.63, 3.8) is 0 Å². The van der Waals surface area contributed by atoms with Crippen LogP contribution in [-0.4, -0.2) is 19.2 Å². The van der Waals surface area contributed by atoms with Gasteiger partial charge in [-0.15, -0.1) is 0 Å². The molecule has 0 N–H and O–H groups in total. The number of rotatable bonds is 3. The van der Waals surface area contributed by atoms with Gasteiger partial charge in [0.05, 0.1) is 17.7 Å². The Morgan fingerprint density at radius 3 is 2.88 bits per heavy atom. The van der Waals surface area contributed by atoms with Crippen LogP contribution < -0.4 is 0 Å². The van der Waals surface area contributed by atoms with Crippen molar-refractivity contribution in [2.24, 2.45) is 5.41 Å². The van der Waals surface area contributed by atoms with Crippen LogP contribution in [0, 0.1) is 11.2 Å². The first-order valence-electron chi connectivity index (χ1n) is 5.21. The third-order valence-electron chi connectivity index (χ3n) is 2.72. The molecule has 0 radical (unpaired) electrons. The fourth-order valence-corrected chi connectivity index (χ4v) is 1.91. The van der Waals surface area contributed by atoms with E-state index in [2.05, 4.69) is 15.9 Å². The molecule has 1 saturated heterocycles. The molecular weight excluding hydrogens is 291 g/mol. The second-order valence-electron chi connectivity index (χ2n) is 4.34. The van der Waals surface area contributed by atoms with Crippen LogP contribution in [0.15, 0.2) is 22.7 Å². The van der Waals surface area contributed by atoms with E-state index in [0.717, 1.165) is 0 Å². The molecule has 0 saturated carbocycles. The molecule has 5 heteroatoms. The number of halogens is 2. The highest BCUT2D eigenvalue weighted by atomic mass is 79.9. The summed E-state index contributed by atoms with van der Waals surface area (Å²) in [7, 11) is 0. The highest BCUT2D eigenvalue weighted by Gasteiger charge is 2.42. The zero-order valence-corrected chi connectivity index (χ0v) is 10.9. The molecule has 17 heavy (non-hydrogen) atoms. The molecular formula is C12H12BrFO3. The van der Waals surface area contributed by atoms with Crippen LogP contribution in [0.25, 0.3) is 0 Å². The van der Waals surface area contributed by atoms with Crippen LogP contribution >= 0.6 is 15.9 Å². The Labute approximate surface area is 107 Å². The molecule has 1 aromatic carbocycles. The number of benzene rings is 1. The Morgan fingerprint density at radius 2 is 2.29 bits per heavy atom. The maximum atomic E-state index is 13.6. The minimum atomic E-state index is -0.567. The van der Waals surface area contributed by atoms with Crippen LogP contribution in [0.4, 0.5) is 4.39 Å². The van der Waals surface area contributed by atoms with Crippen molar-refractivity contribution in [1.82, 2.24) is 0 Å². The zero-order valence-electron chi connectivity index (χ0n) is 9.33. The predicted octanol–water partition coefficient (Wildman–Crippen LogP) is 2.67. The van der Waals surface area contributed by atoms with Gasteiger partial charge in [0.2, 0.25) is 0 Å². The van der Waals surface area contributed by atoms with Crippen molar-refractivity contribution in [1.29, 1.82) is 0 Å². The van der Waals surface area contributed by atoms with Crippen molar-refractivity contribution in [3.8, 4) is 0 Å². The number of hydrogen-bond donors (Lipinski definition) is 0. The molecule has 2 rings (SSSR count). The smallest absolute Gasteiger partial charge is 0.316 e. The van der Waals surface area contributed by atoms with Crippen molar-refractivity contribution < 1.29 is 18.7 Å². The average Bonchev–Trinajstić information content (AvgIpc) is 2.27. The Bertz CT molecular complexity index is 443. The number of esters is 1. The normalized spacial score (nSPS) is 17.4. The molecule has 3 nitrogen and oxygen atoms in total. The fraction of sp³-hybridized carbons (Fsp3) is 0.417. The van der Waals surface area contributed by atoms with E-state index in [1.165, 1.54) is 0 Å². The first-order valence-corrected chi connectivity index (χ1v) is 6.00. The molecule has 0 amide bonds. The van der Waals surface area contributed by atoms with Gasteiger partial charge in [0.25, 0.3) is 0 Å². The first-order chi connectivity index (χ1) is 8.03. The zero-order chi connectivity index (χ0) is 12.5. The van der Waals surface area contributed by atoms with Gasteiger partial charge in [-0.2, -0.15) is 0 Å². The van der Waals surface area contributed by atoms with Gasteiger partial charge in [-0.25, -0.2) is 4.39 Å². The van der Waals surface area contributed by atoms with Gasteiger partial charge in [0, 0.05) is 5.56 Å². The number of carbonyl (C=O) groups is 1. The molecule has 1 aromatic rings. The second-order valence-corrected chi connectivity index (χ2v) is 5.20. The van der Waals surface area contributed by atoms with E-state index in [-0.39, 0.29) is 12.6 Å². The lowest BCUT2D eigenvalue weighted by Crippen LogP contribution is -2.47. The quantitative estimate of drug-likeness (QED) is 0.805. The summed E-state index contributed by atoms with van der Waals surface area (Å²) < 4.78 is 24.0. The number of hydrogen-bond acceptors (Lipinski definition) is 3. The molecule has 1 aliphatic heterocycles. The highest BCUT2D eigenvalue weighted by molar-refractivity contribution is 9.10. The molecule has 0 bridgehead atoms. The average molecular weight is 303 g/mol. The second kappa shape index (κ2) is 4.74. The topological polar surface area (TPSA) is 35.5 Å². The Hall–Kier alpha value is -0.940. The summed E-state index contributed by atoms with van der Waals surface area (Å²) in [5.41, 5.74) is -0.209. The number of ether oxygens (including phenoxy) is 2. The summed E-state index contributed by atoms with van der Waals surface area (Å²) in [6.07, 6.45) is 0. The SMILES string of the molecule is CC1(C(=O)OCc2cccc(Br)c2F)COC1. The monoisotopic (exact) mass is 302 g/mol. The van der Waals surface area contributed by atoms with Gasteiger partial charge in [-0.3, -0.25) is 4.79 Å². The van der Waals surface area contributed by atoms with Crippen molar-refractivity contribution in [2.45, 2.75) is 13.5 Å². The molecule has 1 fully saturated rings. The number of carbonyl (C=O) groups excluding carboxylic acids is 1. The van der Waals surface area contributed by atoms with Crippen LogP contribution in [0.5, 0.6) is 0 Å². The van der Waals surface area contributed by atoms with Gasteiger partial charge in [0.15, 0.2) is 0 Å². The molecule has 1 aliphatic rings. The lowest BCUT2D eigenvalue weighted by atomic mass is 9.89. The molecule has 0 atom stereocenters. The van der Waals surface area contributed by atoms with E-state index in [4.69, 9.17) is 9.47 Å². The van der Waals surface area contributed by atoms with E-state index >= 15 is 0 Å². The van der Waals surface area contributed by atoms with Gasteiger partial charge >= 0.3 is 5.97 Å². The molecule has 1 heterocycles. The first kappa shape index (κ1) is 12.5. The van der Waals surface area contributed by atoms with E-state index < -0.39 is 11.2 Å². The Kier molecular flexibility index (Phi) is 3.49. The molecule has 0 aromatic heterocycles. The van der Waals surface area contributed by atoms with E-state index in [9.17, 15) is 9.18 Å². The van der Waals surface area contributed by atoms with Crippen molar-refractivity contribution >= 4 is 21.9 Å². The summed E-state index contributed by atoms with van der Waals surface area (Å²) in [6.45, 7) is 2.45. The van der Waals surface area contributed by atoms with Gasteiger partial charge in [-0.1, -0.05) is 12.1 Å². The summed E-state index contributed by atoms with van der Waals surface area (Å²) in [5.74, 6) is -0.738. The molecule has 0 spiro atoms.